The Kier molecular flexibility index (Phi) is 4.83. The molecule has 0 aliphatic carbocycles. The van der Waals surface area contributed by atoms with Crippen molar-refractivity contribution in [3.63, 3.8) is 0 Å². The minimum Gasteiger partial charge on any atom is -0.396 e. The highest BCUT2D eigenvalue weighted by Crippen LogP contribution is 2.17. The lowest BCUT2D eigenvalue weighted by atomic mass is 10.3. The van der Waals surface area contributed by atoms with E-state index in [4.69, 9.17) is 5.11 Å². The molecule has 0 saturated carbocycles. The number of hydrogen-bond donors (Lipinski definition) is 3. The van der Waals surface area contributed by atoms with E-state index in [2.05, 4.69) is 20.6 Å². The van der Waals surface area contributed by atoms with Gasteiger partial charge in [0.15, 0.2) is 0 Å². The summed E-state index contributed by atoms with van der Waals surface area (Å²) in [6.07, 6.45) is 3.29. The predicted molar refractivity (Wildman–Crippen MR) is 61.1 cm³/mol. The molecular formula is C10H18N4O. The first-order valence-corrected chi connectivity index (χ1v) is 5.13. The second-order valence-electron chi connectivity index (χ2n) is 3.30. The van der Waals surface area contributed by atoms with E-state index in [1.165, 1.54) is 6.33 Å². The van der Waals surface area contributed by atoms with E-state index in [1.54, 1.807) is 0 Å². The summed E-state index contributed by atoms with van der Waals surface area (Å²) in [5.74, 6) is 1.70. The molecule has 0 spiro atoms. The fourth-order valence-corrected chi connectivity index (χ4v) is 1.32. The second-order valence-corrected chi connectivity index (χ2v) is 3.30. The lowest BCUT2D eigenvalue weighted by Gasteiger charge is -2.10. The molecule has 0 aliphatic heterocycles. The number of aromatic nitrogens is 2. The minimum atomic E-state index is 0.242. The third-order valence-electron chi connectivity index (χ3n) is 2.20. The van der Waals surface area contributed by atoms with Gasteiger partial charge in [0.25, 0.3) is 0 Å². The van der Waals surface area contributed by atoms with E-state index in [-0.39, 0.29) is 6.61 Å². The molecule has 0 amide bonds. The first-order valence-electron chi connectivity index (χ1n) is 5.13. The van der Waals surface area contributed by atoms with Gasteiger partial charge < -0.3 is 15.7 Å². The Balaban J connectivity index is 2.53. The number of aliphatic hydroxyl groups excluding tert-OH is 1. The van der Waals surface area contributed by atoms with Crippen LogP contribution in [0.1, 0.15) is 18.4 Å². The molecule has 3 N–H and O–H groups in total. The van der Waals surface area contributed by atoms with Gasteiger partial charge in [0.2, 0.25) is 0 Å². The van der Waals surface area contributed by atoms with Crippen molar-refractivity contribution in [3.05, 3.63) is 11.9 Å². The lowest BCUT2D eigenvalue weighted by Crippen LogP contribution is -2.08. The van der Waals surface area contributed by atoms with Gasteiger partial charge in [-0.3, -0.25) is 0 Å². The molecule has 0 radical (unpaired) electrons. The molecule has 0 aliphatic rings. The molecule has 0 atom stereocenters. The zero-order valence-corrected chi connectivity index (χ0v) is 9.25. The maximum Gasteiger partial charge on any atom is 0.134 e. The molecule has 1 aromatic heterocycles. The highest BCUT2D eigenvalue weighted by atomic mass is 16.2. The summed E-state index contributed by atoms with van der Waals surface area (Å²) in [4.78, 5) is 8.26. The number of anilines is 2. The highest BCUT2D eigenvalue weighted by molar-refractivity contribution is 5.55. The van der Waals surface area contributed by atoms with Gasteiger partial charge in [0.05, 0.1) is 0 Å². The van der Waals surface area contributed by atoms with Crippen LogP contribution in [0.5, 0.6) is 0 Å². The molecule has 1 heterocycles. The number of nitrogens with zero attached hydrogens (tertiary/aromatic N) is 2. The Morgan fingerprint density at radius 2 is 2.00 bits per heavy atom. The number of rotatable bonds is 6. The van der Waals surface area contributed by atoms with Crippen molar-refractivity contribution in [1.29, 1.82) is 0 Å². The minimum absolute atomic E-state index is 0.242. The quantitative estimate of drug-likeness (QED) is 0.611. The number of aliphatic hydroxyl groups is 1. The Hall–Kier alpha value is -1.36. The summed E-state index contributed by atoms with van der Waals surface area (Å²) in [5.41, 5.74) is 1.02. The van der Waals surface area contributed by atoms with Crippen LogP contribution in [0.2, 0.25) is 0 Å². The van der Waals surface area contributed by atoms with E-state index >= 15 is 0 Å². The first-order chi connectivity index (χ1) is 7.29. The molecule has 0 fully saturated rings. The van der Waals surface area contributed by atoms with Crippen molar-refractivity contribution in [3.8, 4) is 0 Å². The molecule has 15 heavy (non-hydrogen) atoms. The van der Waals surface area contributed by atoms with Gasteiger partial charge in [0, 0.05) is 25.8 Å². The molecule has 5 nitrogen and oxygen atoms in total. The molecule has 0 aromatic carbocycles. The van der Waals surface area contributed by atoms with Crippen molar-refractivity contribution in [1.82, 2.24) is 9.97 Å². The van der Waals surface area contributed by atoms with E-state index in [0.717, 1.165) is 36.6 Å². The normalized spacial score (nSPS) is 10.1. The molecule has 1 aromatic rings. The number of hydrogen-bond acceptors (Lipinski definition) is 5. The Labute approximate surface area is 90.0 Å². The van der Waals surface area contributed by atoms with Gasteiger partial charge >= 0.3 is 0 Å². The van der Waals surface area contributed by atoms with Crippen molar-refractivity contribution in [2.24, 2.45) is 0 Å². The third kappa shape index (κ3) is 3.36. The number of nitrogens with one attached hydrogen (secondary N) is 2. The topological polar surface area (TPSA) is 70.1 Å². The van der Waals surface area contributed by atoms with Gasteiger partial charge in [-0.1, -0.05) is 0 Å². The highest BCUT2D eigenvalue weighted by Gasteiger charge is 2.03. The Morgan fingerprint density at radius 3 is 2.67 bits per heavy atom. The summed E-state index contributed by atoms with van der Waals surface area (Å²) in [7, 11) is 1.84. The molecule has 0 unspecified atom stereocenters. The van der Waals surface area contributed by atoms with Crippen LogP contribution in [-0.4, -0.2) is 35.3 Å². The maximum atomic E-state index is 8.64. The molecule has 1 rings (SSSR count). The molecule has 0 bridgehead atoms. The monoisotopic (exact) mass is 210 g/mol. The van der Waals surface area contributed by atoms with Crippen LogP contribution in [0, 0.1) is 6.92 Å². The van der Waals surface area contributed by atoms with Crippen molar-refractivity contribution in [2.75, 3.05) is 30.8 Å². The summed E-state index contributed by atoms with van der Waals surface area (Å²) < 4.78 is 0. The van der Waals surface area contributed by atoms with E-state index in [9.17, 15) is 0 Å². The summed E-state index contributed by atoms with van der Waals surface area (Å²) in [6.45, 7) is 3.04. The van der Waals surface area contributed by atoms with Crippen LogP contribution in [0.15, 0.2) is 6.33 Å². The second kappa shape index (κ2) is 6.19. The SMILES string of the molecule is CNc1ncnc(NCCCCO)c1C. The van der Waals surface area contributed by atoms with Crippen LogP contribution < -0.4 is 10.6 Å². The summed E-state index contributed by atoms with van der Waals surface area (Å²) in [5, 5.41) is 14.9. The molecule has 0 saturated heterocycles. The summed E-state index contributed by atoms with van der Waals surface area (Å²) in [6, 6.07) is 0. The fraction of sp³-hybridized carbons (Fsp3) is 0.600. The van der Waals surface area contributed by atoms with E-state index in [0.29, 0.717) is 0 Å². The van der Waals surface area contributed by atoms with Crippen molar-refractivity contribution in [2.45, 2.75) is 19.8 Å². The van der Waals surface area contributed by atoms with Crippen LogP contribution in [-0.2, 0) is 0 Å². The predicted octanol–water partition coefficient (Wildman–Crippen LogP) is 1.01. The molecule has 84 valence electrons. The van der Waals surface area contributed by atoms with Gasteiger partial charge in [-0.2, -0.15) is 0 Å². The van der Waals surface area contributed by atoms with Gasteiger partial charge in [-0.25, -0.2) is 9.97 Å². The first kappa shape index (κ1) is 11.7. The van der Waals surface area contributed by atoms with Crippen LogP contribution >= 0.6 is 0 Å². The average Bonchev–Trinajstić information content (AvgIpc) is 2.26. The Morgan fingerprint density at radius 1 is 1.27 bits per heavy atom. The van der Waals surface area contributed by atoms with Crippen LogP contribution in [0.25, 0.3) is 0 Å². The zero-order valence-electron chi connectivity index (χ0n) is 9.25. The largest absolute Gasteiger partial charge is 0.396 e. The van der Waals surface area contributed by atoms with Crippen molar-refractivity contribution < 1.29 is 5.11 Å². The van der Waals surface area contributed by atoms with E-state index < -0.39 is 0 Å². The zero-order chi connectivity index (χ0) is 11.1. The van der Waals surface area contributed by atoms with Crippen LogP contribution in [0.4, 0.5) is 11.6 Å². The van der Waals surface area contributed by atoms with Crippen molar-refractivity contribution >= 4 is 11.6 Å². The van der Waals surface area contributed by atoms with Crippen LogP contribution in [0.3, 0.4) is 0 Å². The van der Waals surface area contributed by atoms with Gasteiger partial charge in [0.1, 0.15) is 18.0 Å². The fourth-order valence-electron chi connectivity index (χ4n) is 1.32. The smallest absolute Gasteiger partial charge is 0.134 e. The van der Waals surface area contributed by atoms with Gasteiger partial charge in [-0.05, 0) is 19.8 Å². The Bertz CT molecular complexity index is 303. The summed E-state index contributed by atoms with van der Waals surface area (Å²) >= 11 is 0. The lowest BCUT2D eigenvalue weighted by molar-refractivity contribution is 0.286. The maximum absolute atomic E-state index is 8.64. The molecular weight excluding hydrogens is 192 g/mol. The number of unbranched alkanes of at least 4 members (excludes halogenated alkanes) is 1. The van der Waals surface area contributed by atoms with Gasteiger partial charge in [-0.15, -0.1) is 0 Å². The molecule has 5 heteroatoms. The van der Waals surface area contributed by atoms with E-state index in [1.807, 2.05) is 14.0 Å². The average molecular weight is 210 g/mol. The third-order valence-corrected chi connectivity index (χ3v) is 2.20. The standard InChI is InChI=1S/C10H18N4O/c1-8-9(11-2)13-7-14-10(8)12-5-3-4-6-15/h7,15H,3-6H2,1-2H3,(H2,11,12,13,14).